The molecule has 0 atom stereocenters. The van der Waals surface area contributed by atoms with Crippen LogP contribution in [0.3, 0.4) is 0 Å². The third-order valence-corrected chi connectivity index (χ3v) is 4.27. The van der Waals surface area contributed by atoms with Gasteiger partial charge in [0.05, 0.1) is 13.7 Å². The van der Waals surface area contributed by atoms with Crippen LogP contribution < -0.4 is 15.6 Å². The van der Waals surface area contributed by atoms with Crippen molar-refractivity contribution < 1.29 is 17.9 Å². The molecular formula is C20H18F3N3O2. The van der Waals surface area contributed by atoms with Gasteiger partial charge in [0.25, 0.3) is 0 Å². The third-order valence-electron chi connectivity index (χ3n) is 4.27. The highest BCUT2D eigenvalue weighted by molar-refractivity contribution is 5.61. The van der Waals surface area contributed by atoms with Gasteiger partial charge in [-0.3, -0.25) is 4.79 Å². The van der Waals surface area contributed by atoms with Gasteiger partial charge in [0.1, 0.15) is 5.75 Å². The first-order valence-corrected chi connectivity index (χ1v) is 8.41. The molecule has 0 aliphatic heterocycles. The molecule has 1 aromatic heterocycles. The van der Waals surface area contributed by atoms with E-state index in [2.05, 4.69) is 10.3 Å². The molecule has 0 aliphatic carbocycles. The minimum atomic E-state index is -1.05. The molecule has 0 spiro atoms. The Labute approximate surface area is 159 Å². The number of benzene rings is 2. The number of anilines is 2. The molecule has 0 unspecified atom stereocenters. The summed E-state index contributed by atoms with van der Waals surface area (Å²) >= 11 is 0. The summed E-state index contributed by atoms with van der Waals surface area (Å²) in [5.74, 6) is -2.33. The second-order valence-corrected chi connectivity index (χ2v) is 6.36. The van der Waals surface area contributed by atoms with Crippen LogP contribution >= 0.6 is 0 Å². The van der Waals surface area contributed by atoms with E-state index in [4.69, 9.17) is 4.74 Å². The molecule has 0 bridgehead atoms. The van der Waals surface area contributed by atoms with E-state index >= 15 is 0 Å². The van der Waals surface area contributed by atoms with E-state index in [9.17, 15) is 18.0 Å². The maximum atomic E-state index is 13.8. The quantitative estimate of drug-likeness (QED) is 0.715. The molecule has 28 heavy (non-hydrogen) atoms. The van der Waals surface area contributed by atoms with E-state index in [1.807, 2.05) is 13.0 Å². The maximum Gasteiger partial charge on any atom is 0.310 e. The first-order chi connectivity index (χ1) is 13.3. The molecule has 3 aromatic rings. The summed E-state index contributed by atoms with van der Waals surface area (Å²) in [7, 11) is 1.52. The van der Waals surface area contributed by atoms with Gasteiger partial charge in [-0.2, -0.15) is 9.37 Å². The van der Waals surface area contributed by atoms with Gasteiger partial charge in [-0.15, -0.1) is 0 Å². The Balaban J connectivity index is 2.03. The highest BCUT2D eigenvalue weighted by Gasteiger charge is 2.13. The van der Waals surface area contributed by atoms with Gasteiger partial charge >= 0.3 is 5.56 Å². The van der Waals surface area contributed by atoms with Crippen LogP contribution in [-0.4, -0.2) is 16.7 Å². The van der Waals surface area contributed by atoms with Gasteiger partial charge < -0.3 is 14.6 Å². The molecule has 5 nitrogen and oxygen atoms in total. The topological polar surface area (TPSA) is 56.1 Å². The number of hydrogen-bond donors (Lipinski definition) is 1. The van der Waals surface area contributed by atoms with Crippen LogP contribution in [-0.2, 0) is 6.54 Å². The molecule has 2 aromatic carbocycles. The van der Waals surface area contributed by atoms with Crippen LogP contribution in [0.25, 0.3) is 0 Å². The lowest BCUT2D eigenvalue weighted by molar-refractivity contribution is 0.415. The van der Waals surface area contributed by atoms with E-state index in [1.165, 1.54) is 24.7 Å². The number of nitrogens with zero attached hydrogens (tertiary/aromatic N) is 2. The van der Waals surface area contributed by atoms with Crippen LogP contribution in [0.2, 0.25) is 0 Å². The molecule has 1 N–H and O–H groups in total. The average molecular weight is 389 g/mol. The highest BCUT2D eigenvalue weighted by Crippen LogP contribution is 2.25. The van der Waals surface area contributed by atoms with Gasteiger partial charge in [-0.1, -0.05) is 12.1 Å². The molecule has 146 valence electrons. The Hall–Kier alpha value is -3.29. The fourth-order valence-corrected chi connectivity index (χ4v) is 2.76. The normalized spacial score (nSPS) is 10.8. The predicted octanol–water partition coefficient (Wildman–Crippen LogP) is 4.08. The van der Waals surface area contributed by atoms with E-state index < -0.39 is 23.0 Å². The molecule has 3 rings (SSSR count). The smallest absolute Gasteiger partial charge is 0.310 e. The number of rotatable bonds is 5. The monoisotopic (exact) mass is 389 g/mol. The van der Waals surface area contributed by atoms with Crippen molar-refractivity contribution in [1.29, 1.82) is 0 Å². The van der Waals surface area contributed by atoms with Gasteiger partial charge in [0.2, 0.25) is 11.8 Å². The van der Waals surface area contributed by atoms with Crippen molar-refractivity contribution >= 4 is 11.6 Å². The lowest BCUT2D eigenvalue weighted by Gasteiger charge is -2.16. The van der Waals surface area contributed by atoms with Crippen LogP contribution in [0.5, 0.6) is 5.75 Å². The van der Waals surface area contributed by atoms with Crippen LogP contribution in [0.15, 0.2) is 41.3 Å². The zero-order valence-electron chi connectivity index (χ0n) is 15.5. The Morgan fingerprint density at radius 2 is 1.82 bits per heavy atom. The Bertz CT molecular complexity index is 1070. The number of methoxy groups -OCH3 is 1. The second-order valence-electron chi connectivity index (χ2n) is 6.36. The average Bonchev–Trinajstić information content (AvgIpc) is 2.65. The van der Waals surface area contributed by atoms with Gasteiger partial charge in [-0.25, -0.2) is 8.78 Å². The molecule has 0 aliphatic rings. The molecule has 8 heteroatoms. The molecule has 1 heterocycles. The molecular weight excluding hydrogens is 371 g/mol. The summed E-state index contributed by atoms with van der Waals surface area (Å²) < 4.78 is 47.6. The molecule has 0 saturated carbocycles. The van der Waals surface area contributed by atoms with Gasteiger partial charge in [-0.05, 0) is 42.7 Å². The number of aromatic nitrogens is 2. The predicted molar refractivity (Wildman–Crippen MR) is 99.7 cm³/mol. The van der Waals surface area contributed by atoms with Crippen LogP contribution in [0.4, 0.5) is 24.8 Å². The zero-order chi connectivity index (χ0) is 20.4. The van der Waals surface area contributed by atoms with Crippen molar-refractivity contribution in [2.75, 3.05) is 12.4 Å². The van der Waals surface area contributed by atoms with Crippen LogP contribution in [0, 0.1) is 31.3 Å². The van der Waals surface area contributed by atoms with Gasteiger partial charge in [0.15, 0.2) is 11.6 Å². The molecule has 0 radical (unpaired) electrons. The van der Waals surface area contributed by atoms with Crippen molar-refractivity contribution in [3.8, 4) is 5.75 Å². The fourth-order valence-electron chi connectivity index (χ4n) is 2.76. The van der Waals surface area contributed by atoms with E-state index in [0.29, 0.717) is 17.0 Å². The first-order valence-electron chi connectivity index (χ1n) is 8.41. The highest BCUT2D eigenvalue weighted by atomic mass is 19.2. The minimum absolute atomic E-state index is 0.0202. The fraction of sp³-hybridized carbons (Fsp3) is 0.200. The molecule has 0 saturated heterocycles. The summed E-state index contributed by atoms with van der Waals surface area (Å²) in [5.41, 5.74) is 0.942. The van der Waals surface area contributed by atoms with Crippen molar-refractivity contribution in [3.63, 3.8) is 0 Å². The Morgan fingerprint density at radius 1 is 1.07 bits per heavy atom. The van der Waals surface area contributed by atoms with E-state index in [-0.39, 0.29) is 18.1 Å². The Kier molecular flexibility index (Phi) is 5.39. The zero-order valence-corrected chi connectivity index (χ0v) is 15.5. The molecule has 0 fully saturated rings. The Morgan fingerprint density at radius 3 is 2.50 bits per heavy atom. The standard InChI is InChI=1S/C20H18F3N3O2/c1-11-4-5-14(28-3)8-17(11)24-20-25-19(27)16(22)10-26(20)9-13-6-12(2)18(23)15(21)7-13/h4-8,10H,9H2,1-3H3,(H,24,25,27). The molecule has 0 amide bonds. The van der Waals surface area contributed by atoms with Gasteiger partial charge in [0, 0.05) is 18.0 Å². The number of halogens is 3. The van der Waals surface area contributed by atoms with Crippen molar-refractivity contribution in [1.82, 2.24) is 9.55 Å². The lowest BCUT2D eigenvalue weighted by atomic mass is 10.1. The van der Waals surface area contributed by atoms with E-state index in [0.717, 1.165) is 17.8 Å². The first kappa shape index (κ1) is 19.5. The number of nitrogens with one attached hydrogen (secondary N) is 1. The summed E-state index contributed by atoms with van der Waals surface area (Å²) in [4.78, 5) is 15.5. The number of hydrogen-bond acceptors (Lipinski definition) is 4. The van der Waals surface area contributed by atoms with Crippen LogP contribution in [0.1, 0.15) is 16.7 Å². The summed E-state index contributed by atoms with van der Waals surface area (Å²) in [5, 5.41) is 2.98. The summed E-state index contributed by atoms with van der Waals surface area (Å²) in [6.45, 7) is 3.25. The van der Waals surface area contributed by atoms with Crippen molar-refractivity contribution in [3.05, 3.63) is 81.0 Å². The summed E-state index contributed by atoms with van der Waals surface area (Å²) in [6, 6.07) is 7.77. The number of aryl methyl sites for hydroxylation is 2. The summed E-state index contributed by atoms with van der Waals surface area (Å²) in [6.07, 6.45) is 0.976. The van der Waals surface area contributed by atoms with Crippen molar-refractivity contribution in [2.45, 2.75) is 20.4 Å². The second kappa shape index (κ2) is 7.75. The minimum Gasteiger partial charge on any atom is -0.497 e. The van der Waals surface area contributed by atoms with E-state index in [1.54, 1.807) is 12.1 Å². The maximum absolute atomic E-state index is 13.8. The third kappa shape index (κ3) is 4.00. The SMILES string of the molecule is COc1ccc(C)c(Nc2nc(=O)c(F)cn2Cc2cc(C)c(F)c(F)c2)c1. The lowest BCUT2D eigenvalue weighted by Crippen LogP contribution is -2.20. The largest absolute Gasteiger partial charge is 0.497 e. The number of ether oxygens (including phenoxy) is 1. The van der Waals surface area contributed by atoms with Crippen molar-refractivity contribution in [2.24, 2.45) is 0 Å².